The zero-order valence-corrected chi connectivity index (χ0v) is 14.6. The van der Waals surface area contributed by atoms with E-state index in [1.807, 2.05) is 48.6 Å². The second-order valence-electron chi connectivity index (χ2n) is 6.30. The summed E-state index contributed by atoms with van der Waals surface area (Å²) >= 11 is 0. The van der Waals surface area contributed by atoms with Crippen LogP contribution in [0.15, 0.2) is 70.4 Å². The van der Waals surface area contributed by atoms with Crippen molar-refractivity contribution in [2.24, 2.45) is 4.99 Å². The van der Waals surface area contributed by atoms with Gasteiger partial charge in [-0.1, -0.05) is 64.8 Å². The SMILES string of the molecule is Cc1ccc(C2=NC(/C=C/c3conc3-c3ccc(C)cc3)ON2)cc1. The molecule has 2 heterocycles. The van der Waals surface area contributed by atoms with Gasteiger partial charge in [0.1, 0.15) is 12.0 Å². The summed E-state index contributed by atoms with van der Waals surface area (Å²) in [5.74, 6) is 0.726. The van der Waals surface area contributed by atoms with E-state index in [0.29, 0.717) is 0 Å². The van der Waals surface area contributed by atoms with Crippen molar-refractivity contribution in [3.8, 4) is 11.3 Å². The predicted octanol–water partition coefficient (Wildman–Crippen LogP) is 4.28. The van der Waals surface area contributed by atoms with Gasteiger partial charge in [-0.25, -0.2) is 15.3 Å². The van der Waals surface area contributed by atoms with Crippen molar-refractivity contribution < 1.29 is 9.36 Å². The molecule has 0 radical (unpaired) electrons. The van der Waals surface area contributed by atoms with Crippen LogP contribution >= 0.6 is 0 Å². The van der Waals surface area contributed by atoms with Crippen LogP contribution in [0.3, 0.4) is 0 Å². The van der Waals surface area contributed by atoms with E-state index in [4.69, 9.17) is 9.36 Å². The van der Waals surface area contributed by atoms with Crippen LogP contribution in [0, 0.1) is 13.8 Å². The second-order valence-corrected chi connectivity index (χ2v) is 6.30. The maximum absolute atomic E-state index is 5.52. The molecule has 0 saturated heterocycles. The number of hydroxylamine groups is 1. The van der Waals surface area contributed by atoms with Crippen molar-refractivity contribution in [2.45, 2.75) is 20.1 Å². The average molecular weight is 345 g/mol. The summed E-state index contributed by atoms with van der Waals surface area (Å²) in [6.45, 7) is 4.11. The quantitative estimate of drug-likeness (QED) is 0.767. The van der Waals surface area contributed by atoms with Crippen LogP contribution in [0.1, 0.15) is 22.3 Å². The molecule has 0 saturated carbocycles. The van der Waals surface area contributed by atoms with Crippen LogP contribution in [0.2, 0.25) is 0 Å². The number of aliphatic imine (C=N–C) groups is 1. The van der Waals surface area contributed by atoms with Crippen molar-refractivity contribution in [2.75, 3.05) is 0 Å². The lowest BCUT2D eigenvalue weighted by Crippen LogP contribution is -2.18. The Morgan fingerprint density at radius 2 is 1.58 bits per heavy atom. The molecule has 0 spiro atoms. The largest absolute Gasteiger partial charge is 0.363 e. The highest BCUT2D eigenvalue weighted by Gasteiger charge is 2.17. The van der Waals surface area contributed by atoms with E-state index in [1.165, 1.54) is 11.1 Å². The van der Waals surface area contributed by atoms with E-state index in [-0.39, 0.29) is 0 Å². The first-order chi connectivity index (χ1) is 12.7. The first-order valence-corrected chi connectivity index (χ1v) is 8.45. The highest BCUT2D eigenvalue weighted by atomic mass is 16.7. The molecule has 0 aliphatic carbocycles. The number of benzene rings is 2. The molecule has 130 valence electrons. The third kappa shape index (κ3) is 3.43. The van der Waals surface area contributed by atoms with E-state index in [0.717, 1.165) is 28.2 Å². The van der Waals surface area contributed by atoms with Gasteiger partial charge in [0.2, 0.25) is 0 Å². The van der Waals surface area contributed by atoms with Gasteiger partial charge in [0.25, 0.3) is 0 Å². The molecule has 26 heavy (non-hydrogen) atoms. The second kappa shape index (κ2) is 6.98. The summed E-state index contributed by atoms with van der Waals surface area (Å²) < 4.78 is 5.15. The number of nitrogens with one attached hydrogen (secondary N) is 1. The molecule has 5 nitrogen and oxygen atoms in total. The standard InChI is InChI=1S/C21H19N3O2/c1-14-3-7-16(8-4-14)20-18(13-25-23-20)11-12-19-22-21(24-26-19)17-9-5-15(2)6-10-17/h3-13,19H,1-2H3,(H,22,24)/b12-11+. The van der Waals surface area contributed by atoms with E-state index >= 15 is 0 Å². The Bertz CT molecular complexity index is 954. The van der Waals surface area contributed by atoms with Crippen molar-refractivity contribution in [1.29, 1.82) is 0 Å². The number of nitrogens with zero attached hydrogens (tertiary/aromatic N) is 2. The fourth-order valence-electron chi connectivity index (χ4n) is 2.70. The molecule has 5 heteroatoms. The molecule has 1 aliphatic heterocycles. The van der Waals surface area contributed by atoms with Gasteiger partial charge in [0.15, 0.2) is 12.1 Å². The Morgan fingerprint density at radius 3 is 2.27 bits per heavy atom. The van der Waals surface area contributed by atoms with Crippen molar-refractivity contribution in [3.63, 3.8) is 0 Å². The van der Waals surface area contributed by atoms with Crippen LogP contribution < -0.4 is 5.48 Å². The van der Waals surface area contributed by atoms with Gasteiger partial charge in [0, 0.05) is 16.7 Å². The number of aromatic nitrogens is 1. The molecule has 1 N–H and O–H groups in total. The summed E-state index contributed by atoms with van der Waals surface area (Å²) in [4.78, 5) is 10.1. The van der Waals surface area contributed by atoms with Crippen LogP contribution in [-0.4, -0.2) is 17.2 Å². The Labute approximate surface area is 152 Å². The van der Waals surface area contributed by atoms with Crippen molar-refractivity contribution in [1.82, 2.24) is 10.6 Å². The maximum Gasteiger partial charge on any atom is 0.196 e. The van der Waals surface area contributed by atoms with Crippen LogP contribution in [0.4, 0.5) is 0 Å². The van der Waals surface area contributed by atoms with E-state index in [2.05, 4.69) is 41.6 Å². The molecule has 0 amide bonds. The minimum absolute atomic E-state index is 0.396. The Balaban J connectivity index is 1.52. The first-order valence-electron chi connectivity index (χ1n) is 8.45. The highest BCUT2D eigenvalue weighted by molar-refractivity contribution is 5.99. The molecule has 2 aromatic carbocycles. The summed E-state index contributed by atoms with van der Waals surface area (Å²) in [6.07, 6.45) is 5.02. The van der Waals surface area contributed by atoms with E-state index in [9.17, 15) is 0 Å². The van der Waals surface area contributed by atoms with Gasteiger partial charge in [0.05, 0.1) is 0 Å². The van der Waals surface area contributed by atoms with Gasteiger partial charge in [-0.05, 0) is 26.0 Å². The normalized spacial score (nSPS) is 16.7. The monoisotopic (exact) mass is 345 g/mol. The minimum Gasteiger partial charge on any atom is -0.363 e. The third-order valence-corrected chi connectivity index (χ3v) is 4.22. The Kier molecular flexibility index (Phi) is 4.37. The number of hydrogen-bond donors (Lipinski definition) is 1. The molecular weight excluding hydrogens is 326 g/mol. The number of hydrogen-bond acceptors (Lipinski definition) is 5. The van der Waals surface area contributed by atoms with Gasteiger partial charge in [-0.15, -0.1) is 0 Å². The van der Waals surface area contributed by atoms with Gasteiger partial charge in [-0.2, -0.15) is 0 Å². The van der Waals surface area contributed by atoms with E-state index in [1.54, 1.807) is 6.26 Å². The van der Waals surface area contributed by atoms with Crippen molar-refractivity contribution >= 4 is 11.9 Å². The minimum atomic E-state index is -0.396. The summed E-state index contributed by atoms with van der Waals surface area (Å²) in [7, 11) is 0. The molecule has 4 rings (SSSR count). The number of aryl methyl sites for hydroxylation is 2. The van der Waals surface area contributed by atoms with E-state index < -0.39 is 6.23 Å². The molecule has 1 unspecified atom stereocenters. The lowest BCUT2D eigenvalue weighted by molar-refractivity contribution is 0.0682. The topological polar surface area (TPSA) is 59.7 Å². The Morgan fingerprint density at radius 1 is 0.923 bits per heavy atom. The zero-order valence-electron chi connectivity index (χ0n) is 14.6. The molecule has 1 aliphatic rings. The molecule has 3 aromatic rings. The maximum atomic E-state index is 5.52. The van der Waals surface area contributed by atoms with Crippen molar-refractivity contribution in [3.05, 3.63) is 83.1 Å². The van der Waals surface area contributed by atoms with Crippen LogP contribution in [0.25, 0.3) is 17.3 Å². The first kappa shape index (κ1) is 16.3. The lowest BCUT2D eigenvalue weighted by atomic mass is 10.1. The predicted molar refractivity (Wildman–Crippen MR) is 101 cm³/mol. The third-order valence-electron chi connectivity index (χ3n) is 4.22. The van der Waals surface area contributed by atoms with Gasteiger partial charge in [-0.3, -0.25) is 0 Å². The molecule has 0 bridgehead atoms. The number of amidine groups is 1. The molecular formula is C21H19N3O2. The zero-order chi connectivity index (χ0) is 17.9. The summed E-state index contributed by atoms with van der Waals surface area (Å²) in [5, 5.41) is 4.11. The average Bonchev–Trinajstić information content (AvgIpc) is 3.30. The fraction of sp³-hybridized carbons (Fsp3) is 0.143. The fourth-order valence-corrected chi connectivity index (χ4v) is 2.70. The Hall–Kier alpha value is -3.18. The lowest BCUT2D eigenvalue weighted by Gasteiger charge is -2.01. The summed E-state index contributed by atoms with van der Waals surface area (Å²) in [6, 6.07) is 16.3. The number of rotatable bonds is 4. The molecule has 0 fully saturated rings. The van der Waals surface area contributed by atoms with Gasteiger partial charge >= 0.3 is 0 Å². The molecule has 1 atom stereocenters. The summed E-state index contributed by atoms with van der Waals surface area (Å²) in [5.41, 5.74) is 9.00. The smallest absolute Gasteiger partial charge is 0.196 e. The highest BCUT2D eigenvalue weighted by Crippen LogP contribution is 2.24. The molecule has 1 aromatic heterocycles. The van der Waals surface area contributed by atoms with Crippen LogP contribution in [0.5, 0.6) is 0 Å². The van der Waals surface area contributed by atoms with Crippen LogP contribution in [-0.2, 0) is 4.84 Å². The van der Waals surface area contributed by atoms with Gasteiger partial charge < -0.3 is 4.52 Å².